The minimum Gasteiger partial charge on any atom is -0.492 e. The van der Waals surface area contributed by atoms with Crippen LogP contribution in [0.15, 0.2) is 60.7 Å². The molecule has 0 fully saturated rings. The van der Waals surface area contributed by atoms with Gasteiger partial charge in [-0.15, -0.1) is 0 Å². The third kappa shape index (κ3) is 4.98. The Morgan fingerprint density at radius 1 is 1.09 bits per heavy atom. The largest absolute Gasteiger partial charge is 0.492 e. The standard InChI is InChI=1S/C24H20Cl2N2O4/c1-15-3-2-4-18(11-15)31-10-9-28-21-13-17(6-8-22(21)32-14-23(28)29)27-24(30)16-5-7-19(25)20(26)12-16/h2-8,11-13H,9-10,14H2,1H3,(H,27,30). The van der Waals surface area contributed by atoms with Gasteiger partial charge in [-0.3, -0.25) is 9.59 Å². The van der Waals surface area contributed by atoms with Gasteiger partial charge in [0.05, 0.1) is 22.3 Å². The zero-order valence-electron chi connectivity index (χ0n) is 17.2. The number of aryl methyl sites for hydroxylation is 1. The minimum absolute atomic E-state index is 0.0492. The molecule has 3 aromatic carbocycles. The Hall–Kier alpha value is -3.22. The summed E-state index contributed by atoms with van der Waals surface area (Å²) in [7, 11) is 0. The van der Waals surface area contributed by atoms with Gasteiger partial charge >= 0.3 is 0 Å². The number of amides is 2. The molecule has 4 rings (SSSR count). The minimum atomic E-state index is -0.346. The summed E-state index contributed by atoms with van der Waals surface area (Å²) < 4.78 is 11.3. The molecule has 2 amide bonds. The third-order valence-electron chi connectivity index (χ3n) is 4.91. The van der Waals surface area contributed by atoms with Gasteiger partial charge in [-0.05, 0) is 61.0 Å². The number of ether oxygens (including phenoxy) is 2. The van der Waals surface area contributed by atoms with Crippen LogP contribution in [0.5, 0.6) is 11.5 Å². The molecular weight excluding hydrogens is 451 g/mol. The molecule has 32 heavy (non-hydrogen) atoms. The Balaban J connectivity index is 1.48. The average molecular weight is 471 g/mol. The van der Waals surface area contributed by atoms with Crippen LogP contribution in [0.4, 0.5) is 11.4 Å². The van der Waals surface area contributed by atoms with Crippen molar-refractivity contribution >= 4 is 46.4 Å². The maximum absolute atomic E-state index is 12.6. The Kier molecular flexibility index (Phi) is 6.53. The second-order valence-electron chi connectivity index (χ2n) is 7.26. The summed E-state index contributed by atoms with van der Waals surface area (Å²) in [4.78, 5) is 26.7. The smallest absolute Gasteiger partial charge is 0.265 e. The van der Waals surface area contributed by atoms with Gasteiger partial charge in [0.2, 0.25) is 0 Å². The Labute approximate surface area is 195 Å². The van der Waals surface area contributed by atoms with E-state index in [0.717, 1.165) is 11.3 Å². The highest BCUT2D eigenvalue weighted by Crippen LogP contribution is 2.35. The monoisotopic (exact) mass is 470 g/mol. The van der Waals surface area contributed by atoms with E-state index in [2.05, 4.69) is 5.32 Å². The lowest BCUT2D eigenvalue weighted by atomic mass is 10.1. The molecule has 0 aliphatic carbocycles. The fraction of sp³-hybridized carbons (Fsp3) is 0.167. The topological polar surface area (TPSA) is 67.9 Å². The Morgan fingerprint density at radius 3 is 2.72 bits per heavy atom. The Morgan fingerprint density at radius 2 is 1.94 bits per heavy atom. The van der Waals surface area contributed by atoms with Crippen molar-refractivity contribution in [2.45, 2.75) is 6.92 Å². The number of rotatable bonds is 6. The molecule has 0 bridgehead atoms. The first kappa shape index (κ1) is 22.0. The van der Waals surface area contributed by atoms with Crippen molar-refractivity contribution in [3.8, 4) is 11.5 Å². The van der Waals surface area contributed by atoms with Gasteiger partial charge in [-0.25, -0.2) is 0 Å². The van der Waals surface area contributed by atoms with Crippen molar-refractivity contribution in [2.75, 3.05) is 30.0 Å². The van der Waals surface area contributed by atoms with Crippen molar-refractivity contribution in [3.05, 3.63) is 81.8 Å². The zero-order valence-corrected chi connectivity index (χ0v) is 18.7. The molecule has 0 saturated carbocycles. The Bertz CT molecular complexity index is 1180. The molecule has 164 valence electrons. The number of fused-ring (bicyclic) bond motifs is 1. The molecule has 0 aromatic heterocycles. The van der Waals surface area contributed by atoms with E-state index >= 15 is 0 Å². The van der Waals surface area contributed by atoms with Crippen molar-refractivity contribution in [1.29, 1.82) is 0 Å². The molecule has 1 aliphatic rings. The number of anilines is 2. The summed E-state index contributed by atoms with van der Waals surface area (Å²) in [6, 6.07) is 17.5. The van der Waals surface area contributed by atoms with Crippen molar-refractivity contribution in [2.24, 2.45) is 0 Å². The molecule has 8 heteroatoms. The van der Waals surface area contributed by atoms with Crippen molar-refractivity contribution in [1.82, 2.24) is 0 Å². The van der Waals surface area contributed by atoms with Gasteiger partial charge in [0.25, 0.3) is 11.8 Å². The average Bonchev–Trinajstić information content (AvgIpc) is 2.77. The fourth-order valence-corrected chi connectivity index (χ4v) is 3.62. The van der Waals surface area contributed by atoms with Gasteiger partial charge in [0, 0.05) is 11.3 Å². The summed E-state index contributed by atoms with van der Waals surface area (Å²) in [5, 5.41) is 3.48. The number of nitrogens with zero attached hydrogens (tertiary/aromatic N) is 1. The number of hydrogen-bond acceptors (Lipinski definition) is 4. The highest BCUT2D eigenvalue weighted by Gasteiger charge is 2.26. The van der Waals surface area contributed by atoms with E-state index in [0.29, 0.717) is 45.9 Å². The van der Waals surface area contributed by atoms with Crippen LogP contribution in [0, 0.1) is 6.92 Å². The second kappa shape index (κ2) is 9.51. The highest BCUT2D eigenvalue weighted by molar-refractivity contribution is 6.42. The number of carbonyl (C=O) groups excluding carboxylic acids is 2. The van der Waals surface area contributed by atoms with E-state index in [9.17, 15) is 9.59 Å². The van der Waals surface area contributed by atoms with Gasteiger partial charge in [-0.2, -0.15) is 0 Å². The van der Waals surface area contributed by atoms with Crippen LogP contribution in [-0.2, 0) is 4.79 Å². The molecule has 0 saturated heterocycles. The van der Waals surface area contributed by atoms with Crippen LogP contribution in [0.3, 0.4) is 0 Å². The summed E-state index contributed by atoms with van der Waals surface area (Å²) >= 11 is 11.9. The molecule has 1 aliphatic heterocycles. The molecule has 3 aromatic rings. The molecule has 0 unspecified atom stereocenters. The number of hydrogen-bond donors (Lipinski definition) is 1. The van der Waals surface area contributed by atoms with E-state index in [1.807, 2.05) is 31.2 Å². The predicted molar refractivity (Wildman–Crippen MR) is 125 cm³/mol. The van der Waals surface area contributed by atoms with Gasteiger partial charge in [0.15, 0.2) is 6.61 Å². The number of carbonyl (C=O) groups is 2. The summed E-state index contributed by atoms with van der Waals surface area (Å²) in [6.07, 6.45) is 0. The van der Waals surface area contributed by atoms with Crippen LogP contribution < -0.4 is 19.7 Å². The van der Waals surface area contributed by atoms with E-state index in [4.69, 9.17) is 32.7 Å². The van der Waals surface area contributed by atoms with E-state index in [1.54, 1.807) is 35.2 Å². The van der Waals surface area contributed by atoms with Gasteiger partial charge < -0.3 is 19.7 Å². The lowest BCUT2D eigenvalue weighted by molar-refractivity contribution is -0.121. The molecule has 1 N–H and O–H groups in total. The summed E-state index contributed by atoms with van der Waals surface area (Å²) in [5.41, 5.74) is 2.55. The summed E-state index contributed by atoms with van der Waals surface area (Å²) in [6.45, 7) is 2.59. The maximum atomic E-state index is 12.6. The van der Waals surface area contributed by atoms with Crippen molar-refractivity contribution in [3.63, 3.8) is 0 Å². The fourth-order valence-electron chi connectivity index (χ4n) is 3.33. The van der Waals surface area contributed by atoms with Crippen LogP contribution in [0.25, 0.3) is 0 Å². The molecule has 0 atom stereocenters. The molecule has 1 heterocycles. The second-order valence-corrected chi connectivity index (χ2v) is 8.08. The molecule has 0 spiro atoms. The summed E-state index contributed by atoms with van der Waals surface area (Å²) in [5.74, 6) is 0.778. The number of benzene rings is 3. The van der Waals surface area contributed by atoms with Gasteiger partial charge in [-0.1, -0.05) is 35.3 Å². The van der Waals surface area contributed by atoms with Crippen LogP contribution in [0.2, 0.25) is 10.0 Å². The quantitative estimate of drug-likeness (QED) is 0.526. The molecule has 6 nitrogen and oxygen atoms in total. The third-order valence-corrected chi connectivity index (χ3v) is 5.65. The van der Waals surface area contributed by atoms with Crippen LogP contribution >= 0.6 is 23.2 Å². The predicted octanol–water partition coefficient (Wildman–Crippen LogP) is 5.36. The van der Waals surface area contributed by atoms with Crippen molar-refractivity contribution < 1.29 is 19.1 Å². The lowest BCUT2D eigenvalue weighted by Crippen LogP contribution is -2.41. The first-order valence-electron chi connectivity index (χ1n) is 9.94. The van der Waals surface area contributed by atoms with Gasteiger partial charge in [0.1, 0.15) is 18.1 Å². The first-order valence-corrected chi connectivity index (χ1v) is 10.7. The van der Waals surface area contributed by atoms with E-state index < -0.39 is 0 Å². The highest BCUT2D eigenvalue weighted by atomic mass is 35.5. The SMILES string of the molecule is Cc1cccc(OCCN2C(=O)COc3ccc(NC(=O)c4ccc(Cl)c(Cl)c4)cc32)c1. The maximum Gasteiger partial charge on any atom is 0.265 e. The zero-order chi connectivity index (χ0) is 22.7. The molecular formula is C24H20Cl2N2O4. The van der Waals surface area contributed by atoms with Crippen LogP contribution in [0.1, 0.15) is 15.9 Å². The van der Waals surface area contributed by atoms with Crippen LogP contribution in [-0.4, -0.2) is 31.6 Å². The number of nitrogens with one attached hydrogen (secondary N) is 1. The number of halogens is 2. The molecule has 0 radical (unpaired) electrons. The van der Waals surface area contributed by atoms with E-state index in [-0.39, 0.29) is 18.4 Å². The first-order chi connectivity index (χ1) is 15.4. The lowest BCUT2D eigenvalue weighted by Gasteiger charge is -2.29. The normalized spacial score (nSPS) is 12.7. The van der Waals surface area contributed by atoms with E-state index in [1.165, 1.54) is 6.07 Å².